The highest BCUT2D eigenvalue weighted by atomic mass is 16.4. The van der Waals surface area contributed by atoms with E-state index in [4.69, 9.17) is 0 Å². The van der Waals surface area contributed by atoms with Gasteiger partial charge in [-0.3, -0.25) is 9.59 Å². The zero-order valence-electron chi connectivity index (χ0n) is 15.3. The van der Waals surface area contributed by atoms with Crippen molar-refractivity contribution in [2.45, 2.75) is 32.4 Å². The SMILES string of the molecule is CC(C(=O)O)N(Cc1ccccc1)C(=O)CCCNC(=O)c1ccccc1. The first-order valence-electron chi connectivity index (χ1n) is 8.88. The first-order valence-corrected chi connectivity index (χ1v) is 8.88. The number of rotatable bonds is 9. The van der Waals surface area contributed by atoms with E-state index in [1.165, 1.54) is 11.8 Å². The van der Waals surface area contributed by atoms with Crippen molar-refractivity contribution in [2.75, 3.05) is 6.54 Å². The third-order valence-corrected chi connectivity index (χ3v) is 4.23. The van der Waals surface area contributed by atoms with Gasteiger partial charge in [0.25, 0.3) is 5.91 Å². The minimum absolute atomic E-state index is 0.166. The van der Waals surface area contributed by atoms with Gasteiger partial charge in [0.2, 0.25) is 5.91 Å². The van der Waals surface area contributed by atoms with Crippen molar-refractivity contribution in [3.8, 4) is 0 Å². The summed E-state index contributed by atoms with van der Waals surface area (Å²) in [5, 5.41) is 12.1. The predicted octanol–water partition coefficient (Wildman–Crippen LogP) is 2.70. The molecule has 0 heterocycles. The van der Waals surface area contributed by atoms with Gasteiger partial charge in [0, 0.05) is 25.1 Å². The average Bonchev–Trinajstić information content (AvgIpc) is 2.70. The Morgan fingerprint density at radius 3 is 2.19 bits per heavy atom. The molecule has 0 spiro atoms. The maximum atomic E-state index is 12.6. The number of amides is 2. The molecule has 142 valence electrons. The Morgan fingerprint density at radius 1 is 1.00 bits per heavy atom. The molecule has 27 heavy (non-hydrogen) atoms. The first kappa shape index (κ1) is 20.2. The zero-order valence-corrected chi connectivity index (χ0v) is 15.3. The molecule has 2 rings (SSSR count). The topological polar surface area (TPSA) is 86.7 Å². The molecular weight excluding hydrogens is 344 g/mol. The fraction of sp³-hybridized carbons (Fsp3) is 0.286. The quantitative estimate of drug-likeness (QED) is 0.666. The number of benzene rings is 2. The summed E-state index contributed by atoms with van der Waals surface area (Å²) in [6.07, 6.45) is 0.606. The van der Waals surface area contributed by atoms with Crippen molar-refractivity contribution in [1.29, 1.82) is 0 Å². The summed E-state index contributed by atoms with van der Waals surface area (Å²) >= 11 is 0. The lowest BCUT2D eigenvalue weighted by molar-refractivity contribution is -0.150. The van der Waals surface area contributed by atoms with E-state index in [9.17, 15) is 19.5 Å². The molecule has 0 aliphatic heterocycles. The summed E-state index contributed by atoms with van der Waals surface area (Å²) in [5.41, 5.74) is 1.44. The fourth-order valence-electron chi connectivity index (χ4n) is 2.63. The number of nitrogens with one attached hydrogen (secondary N) is 1. The standard InChI is InChI=1S/C21H24N2O4/c1-16(21(26)27)23(15-17-9-4-2-5-10-17)19(24)13-8-14-22-20(25)18-11-6-3-7-12-18/h2-7,9-12,16H,8,13-15H2,1H3,(H,22,25)(H,26,27). The summed E-state index contributed by atoms with van der Waals surface area (Å²) in [7, 11) is 0. The number of carboxylic acid groups (broad SMARTS) is 1. The van der Waals surface area contributed by atoms with E-state index in [-0.39, 0.29) is 24.8 Å². The van der Waals surface area contributed by atoms with E-state index in [1.807, 2.05) is 36.4 Å². The molecule has 2 amide bonds. The number of hydrogen-bond acceptors (Lipinski definition) is 3. The molecule has 6 nitrogen and oxygen atoms in total. The predicted molar refractivity (Wildman–Crippen MR) is 102 cm³/mol. The summed E-state index contributed by atoms with van der Waals surface area (Å²) in [5.74, 6) is -1.48. The second kappa shape index (κ2) is 10.1. The molecule has 6 heteroatoms. The van der Waals surface area contributed by atoms with Crippen LogP contribution in [0.3, 0.4) is 0 Å². The van der Waals surface area contributed by atoms with Crippen LogP contribution in [-0.2, 0) is 16.1 Å². The van der Waals surface area contributed by atoms with E-state index < -0.39 is 12.0 Å². The van der Waals surface area contributed by atoms with Crippen LogP contribution in [0.4, 0.5) is 0 Å². The molecule has 1 unspecified atom stereocenters. The lowest BCUT2D eigenvalue weighted by Gasteiger charge is -2.27. The number of carbonyl (C=O) groups is 3. The van der Waals surface area contributed by atoms with Gasteiger partial charge in [0.15, 0.2) is 0 Å². The van der Waals surface area contributed by atoms with Crippen molar-refractivity contribution in [3.63, 3.8) is 0 Å². The molecule has 0 fully saturated rings. The monoisotopic (exact) mass is 368 g/mol. The third kappa shape index (κ3) is 6.26. The summed E-state index contributed by atoms with van der Waals surface area (Å²) in [6, 6.07) is 17.2. The molecule has 0 bridgehead atoms. The summed E-state index contributed by atoms with van der Waals surface area (Å²) in [4.78, 5) is 37.3. The van der Waals surface area contributed by atoms with Crippen LogP contribution in [-0.4, -0.2) is 40.4 Å². The molecule has 0 saturated carbocycles. The number of carbonyl (C=O) groups excluding carboxylic acids is 2. The molecule has 1 atom stereocenters. The Bertz CT molecular complexity index is 762. The number of hydrogen-bond donors (Lipinski definition) is 2. The molecule has 2 aromatic carbocycles. The van der Waals surface area contributed by atoms with E-state index in [0.717, 1.165) is 5.56 Å². The van der Waals surface area contributed by atoms with Gasteiger partial charge >= 0.3 is 5.97 Å². The molecule has 0 saturated heterocycles. The van der Waals surface area contributed by atoms with Crippen LogP contribution in [0.15, 0.2) is 60.7 Å². The van der Waals surface area contributed by atoms with Gasteiger partial charge in [0.05, 0.1) is 0 Å². The molecule has 2 aromatic rings. The normalized spacial score (nSPS) is 11.4. The van der Waals surface area contributed by atoms with Crippen molar-refractivity contribution < 1.29 is 19.5 Å². The minimum Gasteiger partial charge on any atom is -0.480 e. The van der Waals surface area contributed by atoms with E-state index in [2.05, 4.69) is 5.32 Å². The van der Waals surface area contributed by atoms with Gasteiger partial charge < -0.3 is 15.3 Å². The Hall–Kier alpha value is -3.15. The molecule has 0 radical (unpaired) electrons. The third-order valence-electron chi connectivity index (χ3n) is 4.23. The fourth-order valence-corrected chi connectivity index (χ4v) is 2.63. The Morgan fingerprint density at radius 2 is 1.59 bits per heavy atom. The van der Waals surface area contributed by atoms with Crippen LogP contribution in [0.1, 0.15) is 35.7 Å². The lowest BCUT2D eigenvalue weighted by atomic mass is 10.1. The Labute approximate surface area is 158 Å². The summed E-state index contributed by atoms with van der Waals surface area (Å²) in [6.45, 7) is 2.09. The van der Waals surface area contributed by atoms with Gasteiger partial charge in [-0.25, -0.2) is 4.79 Å². The van der Waals surface area contributed by atoms with Crippen molar-refractivity contribution in [2.24, 2.45) is 0 Å². The van der Waals surface area contributed by atoms with Crippen LogP contribution in [0.25, 0.3) is 0 Å². The second-order valence-corrected chi connectivity index (χ2v) is 6.25. The van der Waals surface area contributed by atoms with Crippen molar-refractivity contribution >= 4 is 17.8 Å². The van der Waals surface area contributed by atoms with Gasteiger partial charge in [-0.2, -0.15) is 0 Å². The molecule has 2 N–H and O–H groups in total. The van der Waals surface area contributed by atoms with Gasteiger partial charge in [-0.15, -0.1) is 0 Å². The minimum atomic E-state index is -1.04. The number of aliphatic carboxylic acids is 1. The van der Waals surface area contributed by atoms with Gasteiger partial charge in [0.1, 0.15) is 6.04 Å². The molecule has 0 aliphatic rings. The van der Waals surface area contributed by atoms with Crippen LogP contribution in [0.5, 0.6) is 0 Å². The highest BCUT2D eigenvalue weighted by Gasteiger charge is 2.25. The average molecular weight is 368 g/mol. The smallest absolute Gasteiger partial charge is 0.326 e. The maximum absolute atomic E-state index is 12.6. The maximum Gasteiger partial charge on any atom is 0.326 e. The highest BCUT2D eigenvalue weighted by molar-refractivity contribution is 5.94. The van der Waals surface area contributed by atoms with Gasteiger partial charge in [-0.1, -0.05) is 48.5 Å². The number of carboxylic acids is 1. The van der Waals surface area contributed by atoms with Crippen molar-refractivity contribution in [1.82, 2.24) is 10.2 Å². The summed E-state index contributed by atoms with van der Waals surface area (Å²) < 4.78 is 0. The van der Waals surface area contributed by atoms with Crippen LogP contribution < -0.4 is 5.32 Å². The molecular formula is C21H24N2O4. The second-order valence-electron chi connectivity index (χ2n) is 6.25. The zero-order chi connectivity index (χ0) is 19.6. The molecule has 0 aliphatic carbocycles. The van der Waals surface area contributed by atoms with E-state index in [0.29, 0.717) is 18.5 Å². The van der Waals surface area contributed by atoms with Crippen LogP contribution in [0, 0.1) is 0 Å². The first-order chi connectivity index (χ1) is 13.0. The van der Waals surface area contributed by atoms with Gasteiger partial charge in [-0.05, 0) is 31.0 Å². The van der Waals surface area contributed by atoms with E-state index in [1.54, 1.807) is 24.3 Å². The van der Waals surface area contributed by atoms with Crippen molar-refractivity contribution in [3.05, 3.63) is 71.8 Å². The van der Waals surface area contributed by atoms with Crippen LogP contribution >= 0.6 is 0 Å². The van der Waals surface area contributed by atoms with Crippen LogP contribution in [0.2, 0.25) is 0 Å². The van der Waals surface area contributed by atoms with E-state index >= 15 is 0 Å². The Kier molecular flexibility index (Phi) is 7.55. The molecule has 0 aromatic heterocycles. The highest BCUT2D eigenvalue weighted by Crippen LogP contribution is 2.11. The largest absolute Gasteiger partial charge is 0.480 e. The lowest BCUT2D eigenvalue weighted by Crippen LogP contribution is -2.42. The number of nitrogens with zero attached hydrogens (tertiary/aromatic N) is 1. The Balaban J connectivity index is 1.87.